The van der Waals surface area contributed by atoms with Crippen LogP contribution in [0, 0.1) is 11.3 Å². The molecule has 2 nitrogen and oxygen atoms in total. The molecule has 1 saturated carbocycles. The van der Waals surface area contributed by atoms with Gasteiger partial charge in [-0.25, -0.2) is 0 Å². The second kappa shape index (κ2) is 5.73. The van der Waals surface area contributed by atoms with Crippen LogP contribution in [-0.2, 0) is 0 Å². The third-order valence-electron chi connectivity index (χ3n) is 5.71. The van der Waals surface area contributed by atoms with Gasteiger partial charge in [0.25, 0.3) is 0 Å². The highest BCUT2D eigenvalue weighted by atomic mass is 15.2. The van der Waals surface area contributed by atoms with Crippen LogP contribution in [0.4, 0.5) is 0 Å². The van der Waals surface area contributed by atoms with Crippen LogP contribution in [0.3, 0.4) is 0 Å². The summed E-state index contributed by atoms with van der Waals surface area (Å²) in [6.45, 7) is 15.5. The topological polar surface area (TPSA) is 15.3 Å². The summed E-state index contributed by atoms with van der Waals surface area (Å²) in [6, 6.07) is 0.870. The van der Waals surface area contributed by atoms with Gasteiger partial charge in [-0.3, -0.25) is 4.90 Å². The highest BCUT2D eigenvalue weighted by Crippen LogP contribution is 2.42. The second-order valence-corrected chi connectivity index (χ2v) is 7.96. The summed E-state index contributed by atoms with van der Waals surface area (Å²) in [6.07, 6.45) is 7.00. The Morgan fingerprint density at radius 3 is 2.26 bits per heavy atom. The van der Waals surface area contributed by atoms with Crippen molar-refractivity contribution in [3.63, 3.8) is 0 Å². The van der Waals surface area contributed by atoms with Crippen molar-refractivity contribution in [2.45, 2.75) is 78.3 Å². The summed E-state index contributed by atoms with van der Waals surface area (Å²) in [5.41, 5.74) is 0.902. The fourth-order valence-corrected chi connectivity index (χ4v) is 3.79. The van der Waals surface area contributed by atoms with Crippen molar-refractivity contribution in [1.29, 1.82) is 0 Å². The van der Waals surface area contributed by atoms with E-state index in [1.54, 1.807) is 0 Å². The maximum atomic E-state index is 3.70. The van der Waals surface area contributed by atoms with Gasteiger partial charge in [-0.2, -0.15) is 0 Å². The van der Waals surface area contributed by atoms with Crippen LogP contribution in [0.1, 0.15) is 66.7 Å². The highest BCUT2D eigenvalue weighted by Gasteiger charge is 2.43. The Morgan fingerprint density at radius 1 is 1.16 bits per heavy atom. The fourth-order valence-electron chi connectivity index (χ4n) is 3.79. The first-order valence-corrected chi connectivity index (χ1v) is 8.38. The molecule has 2 heteroatoms. The zero-order valence-electron chi connectivity index (χ0n) is 13.8. The van der Waals surface area contributed by atoms with Crippen molar-refractivity contribution in [1.82, 2.24) is 10.2 Å². The van der Waals surface area contributed by atoms with E-state index >= 15 is 0 Å². The zero-order valence-corrected chi connectivity index (χ0v) is 13.8. The van der Waals surface area contributed by atoms with E-state index in [4.69, 9.17) is 0 Å². The van der Waals surface area contributed by atoms with Gasteiger partial charge in [-0.15, -0.1) is 0 Å². The molecular weight excluding hydrogens is 232 g/mol. The molecule has 0 aromatic rings. The molecule has 1 aliphatic carbocycles. The first-order chi connectivity index (χ1) is 8.89. The normalized spacial score (nSPS) is 31.4. The molecule has 19 heavy (non-hydrogen) atoms. The molecule has 1 saturated heterocycles. The van der Waals surface area contributed by atoms with Crippen molar-refractivity contribution in [2.24, 2.45) is 11.3 Å². The maximum Gasteiger partial charge on any atom is 0.0136 e. The van der Waals surface area contributed by atoms with E-state index < -0.39 is 0 Å². The number of nitrogens with one attached hydrogen (secondary N) is 1. The summed E-state index contributed by atoms with van der Waals surface area (Å²) in [5.74, 6) is 0.892. The molecule has 0 spiro atoms. The Bertz CT molecular complexity index is 288. The fraction of sp³-hybridized carbons (Fsp3) is 1.00. The molecule has 0 aromatic heterocycles. The standard InChI is InChI=1S/C17H34N2/c1-6-17(7-2)10-11-19(13-17)15-9-8-14(15)12-18-16(3,4)5/h14-15,18H,6-13H2,1-5H3. The summed E-state index contributed by atoms with van der Waals surface area (Å²) in [7, 11) is 0. The molecule has 112 valence electrons. The van der Waals surface area contributed by atoms with Crippen molar-refractivity contribution in [3.05, 3.63) is 0 Å². The molecule has 2 aliphatic rings. The average molecular weight is 266 g/mol. The summed E-state index contributed by atoms with van der Waals surface area (Å²) in [5, 5.41) is 3.70. The summed E-state index contributed by atoms with van der Waals surface area (Å²) in [4.78, 5) is 2.81. The monoisotopic (exact) mass is 266 g/mol. The lowest BCUT2D eigenvalue weighted by Crippen LogP contribution is -2.52. The molecule has 0 amide bonds. The van der Waals surface area contributed by atoms with Crippen LogP contribution in [0.5, 0.6) is 0 Å². The van der Waals surface area contributed by atoms with Crippen LogP contribution >= 0.6 is 0 Å². The Labute approximate surface area is 120 Å². The predicted molar refractivity (Wildman–Crippen MR) is 83.5 cm³/mol. The van der Waals surface area contributed by atoms with Gasteiger partial charge in [-0.1, -0.05) is 13.8 Å². The van der Waals surface area contributed by atoms with Crippen LogP contribution in [-0.4, -0.2) is 36.1 Å². The molecule has 0 bridgehead atoms. The molecular formula is C17H34N2. The largest absolute Gasteiger partial charge is 0.312 e. The maximum absolute atomic E-state index is 3.70. The van der Waals surface area contributed by atoms with Crippen molar-refractivity contribution >= 4 is 0 Å². The lowest BCUT2D eigenvalue weighted by Gasteiger charge is -2.44. The summed E-state index contributed by atoms with van der Waals surface area (Å²) < 4.78 is 0. The number of likely N-dealkylation sites (tertiary alicyclic amines) is 1. The zero-order chi connectivity index (χ0) is 14.1. The minimum atomic E-state index is 0.266. The molecule has 1 aliphatic heterocycles. The second-order valence-electron chi connectivity index (χ2n) is 7.96. The summed E-state index contributed by atoms with van der Waals surface area (Å²) >= 11 is 0. The smallest absolute Gasteiger partial charge is 0.0136 e. The quantitative estimate of drug-likeness (QED) is 0.817. The molecule has 1 heterocycles. The molecule has 2 atom stereocenters. The third kappa shape index (κ3) is 3.52. The predicted octanol–water partition coefficient (Wildman–Crippen LogP) is 3.67. The Balaban J connectivity index is 1.83. The Kier molecular flexibility index (Phi) is 4.62. The highest BCUT2D eigenvalue weighted by molar-refractivity contribution is 4.97. The van der Waals surface area contributed by atoms with Gasteiger partial charge in [0.2, 0.25) is 0 Å². The van der Waals surface area contributed by atoms with Gasteiger partial charge in [0, 0.05) is 18.1 Å². The average Bonchev–Trinajstić information content (AvgIpc) is 2.71. The van der Waals surface area contributed by atoms with E-state index in [1.165, 1.54) is 51.7 Å². The lowest BCUT2D eigenvalue weighted by atomic mass is 9.77. The van der Waals surface area contributed by atoms with E-state index in [-0.39, 0.29) is 5.54 Å². The minimum Gasteiger partial charge on any atom is -0.312 e. The Morgan fingerprint density at radius 2 is 1.84 bits per heavy atom. The first kappa shape index (κ1) is 15.3. The Hall–Kier alpha value is -0.0800. The molecule has 2 fully saturated rings. The van der Waals surface area contributed by atoms with E-state index in [9.17, 15) is 0 Å². The lowest BCUT2D eigenvalue weighted by molar-refractivity contribution is 0.0658. The van der Waals surface area contributed by atoms with E-state index in [2.05, 4.69) is 44.8 Å². The van der Waals surface area contributed by atoms with Gasteiger partial charge in [0.05, 0.1) is 0 Å². The van der Waals surface area contributed by atoms with Gasteiger partial charge in [0.1, 0.15) is 0 Å². The SMILES string of the molecule is CCC1(CC)CCN(C2CCC2CNC(C)(C)C)C1. The minimum absolute atomic E-state index is 0.266. The van der Waals surface area contributed by atoms with Crippen LogP contribution in [0.15, 0.2) is 0 Å². The van der Waals surface area contributed by atoms with Crippen molar-refractivity contribution in [2.75, 3.05) is 19.6 Å². The van der Waals surface area contributed by atoms with Crippen LogP contribution < -0.4 is 5.32 Å². The van der Waals surface area contributed by atoms with Gasteiger partial charge in [0.15, 0.2) is 0 Å². The van der Waals surface area contributed by atoms with Crippen molar-refractivity contribution in [3.8, 4) is 0 Å². The molecule has 1 N–H and O–H groups in total. The van der Waals surface area contributed by atoms with Crippen LogP contribution in [0.25, 0.3) is 0 Å². The molecule has 0 aromatic carbocycles. The number of rotatable bonds is 5. The van der Waals surface area contributed by atoms with E-state index in [1.807, 2.05) is 0 Å². The molecule has 2 rings (SSSR count). The van der Waals surface area contributed by atoms with Gasteiger partial charge >= 0.3 is 0 Å². The molecule has 2 unspecified atom stereocenters. The third-order valence-corrected chi connectivity index (χ3v) is 5.71. The van der Waals surface area contributed by atoms with E-state index in [0.717, 1.165) is 12.0 Å². The number of nitrogens with zero attached hydrogens (tertiary/aromatic N) is 1. The number of hydrogen-bond donors (Lipinski definition) is 1. The molecule has 0 radical (unpaired) electrons. The van der Waals surface area contributed by atoms with Crippen molar-refractivity contribution < 1.29 is 0 Å². The number of hydrogen-bond acceptors (Lipinski definition) is 2. The van der Waals surface area contributed by atoms with Gasteiger partial charge in [-0.05, 0) is 77.3 Å². The van der Waals surface area contributed by atoms with Crippen LogP contribution in [0.2, 0.25) is 0 Å². The van der Waals surface area contributed by atoms with Gasteiger partial charge < -0.3 is 5.32 Å². The first-order valence-electron chi connectivity index (χ1n) is 8.38. The van der Waals surface area contributed by atoms with E-state index in [0.29, 0.717) is 5.41 Å².